The summed E-state index contributed by atoms with van der Waals surface area (Å²) >= 11 is 0. The first kappa shape index (κ1) is 17.7. The van der Waals surface area contributed by atoms with Crippen LogP contribution in [-0.2, 0) is 16.9 Å². The minimum Gasteiger partial charge on any atom is -0.323 e. The maximum absolute atomic E-state index is 12.4. The summed E-state index contributed by atoms with van der Waals surface area (Å²) in [6.45, 7) is 6.11. The van der Waals surface area contributed by atoms with E-state index >= 15 is 0 Å². The molecule has 0 spiro atoms. The zero-order valence-electron chi connectivity index (χ0n) is 14.9. The van der Waals surface area contributed by atoms with E-state index < -0.39 is 0 Å². The molecule has 0 bridgehead atoms. The van der Waals surface area contributed by atoms with Gasteiger partial charge in [0.25, 0.3) is 11.1 Å². The van der Waals surface area contributed by atoms with Gasteiger partial charge in [0.2, 0.25) is 5.91 Å². The highest BCUT2D eigenvalue weighted by Gasteiger charge is 2.15. The quantitative estimate of drug-likeness (QED) is 0.743. The Morgan fingerprint density at radius 1 is 1.19 bits per heavy atom. The fraction of sp³-hybridized carbons (Fsp3) is 0.333. The monoisotopic (exact) mass is 355 g/mol. The van der Waals surface area contributed by atoms with Gasteiger partial charge in [-0.2, -0.15) is 5.10 Å². The number of H-pyrrole nitrogens is 1. The van der Waals surface area contributed by atoms with Crippen molar-refractivity contribution in [2.75, 3.05) is 5.32 Å². The van der Waals surface area contributed by atoms with Crippen molar-refractivity contribution in [1.29, 1.82) is 0 Å². The molecule has 8 nitrogen and oxygen atoms in total. The van der Waals surface area contributed by atoms with Crippen molar-refractivity contribution < 1.29 is 4.79 Å². The van der Waals surface area contributed by atoms with Crippen molar-refractivity contribution in [2.45, 2.75) is 39.3 Å². The standard InChI is InChI=1S/C18H21N5O3/c1-18(2,3)23-11-12(10-19-23)20-15(24)8-9-22-17(26)14-7-5-4-6-13(14)16(25)21-22/h4-7,10-11H,8-9H2,1-3H3,(H,20,24)(H,21,25). The summed E-state index contributed by atoms with van der Waals surface area (Å²) in [4.78, 5) is 36.6. The molecular formula is C18H21N5O3. The zero-order valence-corrected chi connectivity index (χ0v) is 14.9. The SMILES string of the molecule is CC(C)(C)n1cc(NC(=O)CCn2[nH]c(=O)c3ccccc3c2=O)cn1. The molecule has 0 fully saturated rings. The van der Waals surface area contributed by atoms with Gasteiger partial charge in [0, 0.05) is 12.6 Å². The minimum atomic E-state index is -0.355. The molecule has 0 saturated heterocycles. The van der Waals surface area contributed by atoms with E-state index in [0.717, 1.165) is 0 Å². The molecule has 0 aliphatic heterocycles. The Hall–Kier alpha value is -3.16. The normalized spacial score (nSPS) is 11.7. The first-order valence-electron chi connectivity index (χ1n) is 8.32. The van der Waals surface area contributed by atoms with Gasteiger partial charge in [-0.3, -0.25) is 24.2 Å². The van der Waals surface area contributed by atoms with Crippen molar-refractivity contribution in [3.63, 3.8) is 0 Å². The Labute approximate surface area is 149 Å². The van der Waals surface area contributed by atoms with Crippen LogP contribution in [0.3, 0.4) is 0 Å². The molecule has 2 N–H and O–H groups in total. The summed E-state index contributed by atoms with van der Waals surface area (Å²) in [5, 5.41) is 10.2. The van der Waals surface area contributed by atoms with Gasteiger partial charge in [0.05, 0.1) is 34.7 Å². The summed E-state index contributed by atoms with van der Waals surface area (Å²) in [7, 11) is 0. The van der Waals surface area contributed by atoms with E-state index in [1.165, 1.54) is 4.68 Å². The molecule has 0 saturated carbocycles. The minimum absolute atomic E-state index is 0.0505. The molecule has 1 amide bonds. The third-order valence-corrected chi connectivity index (χ3v) is 4.00. The highest BCUT2D eigenvalue weighted by molar-refractivity contribution is 5.90. The molecule has 0 aliphatic rings. The maximum Gasteiger partial charge on any atom is 0.273 e. The van der Waals surface area contributed by atoms with Crippen LogP contribution in [0.2, 0.25) is 0 Å². The summed E-state index contributed by atoms with van der Waals surface area (Å²) in [6, 6.07) is 6.60. The summed E-state index contributed by atoms with van der Waals surface area (Å²) in [5.41, 5.74) is -0.272. The topological polar surface area (TPSA) is 102 Å². The summed E-state index contributed by atoms with van der Waals surface area (Å²) in [6.07, 6.45) is 3.38. The average Bonchev–Trinajstić information content (AvgIpc) is 3.06. The molecule has 3 rings (SSSR count). The van der Waals surface area contributed by atoms with Gasteiger partial charge in [0.1, 0.15) is 0 Å². The second kappa shape index (κ2) is 6.62. The molecule has 2 heterocycles. The first-order chi connectivity index (χ1) is 12.3. The number of rotatable bonds is 4. The highest BCUT2D eigenvalue weighted by atomic mass is 16.2. The van der Waals surface area contributed by atoms with Crippen molar-refractivity contribution in [3.8, 4) is 0 Å². The number of amides is 1. The number of aromatic amines is 1. The predicted octanol–water partition coefficient (Wildman–Crippen LogP) is 1.67. The van der Waals surface area contributed by atoms with Crippen molar-refractivity contribution in [2.24, 2.45) is 0 Å². The van der Waals surface area contributed by atoms with Crippen molar-refractivity contribution >= 4 is 22.4 Å². The van der Waals surface area contributed by atoms with E-state index in [9.17, 15) is 14.4 Å². The number of carbonyl (C=O) groups is 1. The highest BCUT2D eigenvalue weighted by Crippen LogP contribution is 2.15. The van der Waals surface area contributed by atoms with Gasteiger partial charge in [-0.25, -0.2) is 4.68 Å². The molecule has 26 heavy (non-hydrogen) atoms. The number of aromatic nitrogens is 4. The van der Waals surface area contributed by atoms with Gasteiger partial charge >= 0.3 is 0 Å². The molecule has 0 aliphatic carbocycles. The van der Waals surface area contributed by atoms with E-state index in [-0.39, 0.29) is 35.5 Å². The zero-order chi connectivity index (χ0) is 18.9. The maximum atomic E-state index is 12.4. The van der Waals surface area contributed by atoms with Gasteiger partial charge < -0.3 is 5.32 Å². The Morgan fingerprint density at radius 2 is 1.88 bits per heavy atom. The predicted molar refractivity (Wildman–Crippen MR) is 99.3 cm³/mol. The van der Waals surface area contributed by atoms with Crippen LogP contribution in [0.4, 0.5) is 5.69 Å². The van der Waals surface area contributed by atoms with Crippen LogP contribution < -0.4 is 16.4 Å². The molecule has 0 atom stereocenters. The van der Waals surface area contributed by atoms with Crippen LogP contribution in [0.25, 0.3) is 10.8 Å². The number of hydrogen-bond acceptors (Lipinski definition) is 4. The van der Waals surface area contributed by atoms with E-state index in [1.54, 1.807) is 41.3 Å². The number of nitrogens with zero attached hydrogens (tertiary/aromatic N) is 3. The van der Waals surface area contributed by atoms with E-state index in [4.69, 9.17) is 0 Å². The Morgan fingerprint density at radius 3 is 2.54 bits per heavy atom. The molecular weight excluding hydrogens is 334 g/mol. The fourth-order valence-corrected chi connectivity index (χ4v) is 2.60. The van der Waals surface area contributed by atoms with Crippen molar-refractivity contribution in [3.05, 3.63) is 57.4 Å². The molecule has 3 aromatic rings. The number of aryl methyl sites for hydroxylation is 1. The van der Waals surface area contributed by atoms with Crippen LogP contribution >= 0.6 is 0 Å². The molecule has 0 unspecified atom stereocenters. The summed E-state index contributed by atoms with van der Waals surface area (Å²) < 4.78 is 2.93. The third-order valence-electron chi connectivity index (χ3n) is 4.00. The lowest BCUT2D eigenvalue weighted by atomic mass is 10.1. The van der Waals surface area contributed by atoms with Crippen LogP contribution in [0.1, 0.15) is 27.2 Å². The Balaban J connectivity index is 1.71. The fourth-order valence-electron chi connectivity index (χ4n) is 2.60. The number of nitrogens with one attached hydrogen (secondary N) is 2. The lowest BCUT2D eigenvalue weighted by Gasteiger charge is -2.18. The molecule has 136 valence electrons. The van der Waals surface area contributed by atoms with Crippen LogP contribution in [0, 0.1) is 0 Å². The first-order valence-corrected chi connectivity index (χ1v) is 8.32. The average molecular weight is 355 g/mol. The lowest BCUT2D eigenvalue weighted by Crippen LogP contribution is -2.31. The second-order valence-electron chi connectivity index (χ2n) is 7.09. The van der Waals surface area contributed by atoms with E-state index in [1.807, 2.05) is 20.8 Å². The summed E-state index contributed by atoms with van der Waals surface area (Å²) in [5.74, 6) is -0.264. The van der Waals surface area contributed by atoms with Gasteiger partial charge in [-0.05, 0) is 32.9 Å². The second-order valence-corrected chi connectivity index (χ2v) is 7.09. The van der Waals surface area contributed by atoms with Gasteiger partial charge in [-0.15, -0.1) is 0 Å². The van der Waals surface area contributed by atoms with Crippen molar-refractivity contribution in [1.82, 2.24) is 19.6 Å². The largest absolute Gasteiger partial charge is 0.323 e. The van der Waals surface area contributed by atoms with Crippen LogP contribution in [0.15, 0.2) is 46.2 Å². The number of fused-ring (bicyclic) bond motifs is 1. The number of carbonyl (C=O) groups excluding carboxylic acids is 1. The van der Waals surface area contributed by atoms with Gasteiger partial charge in [-0.1, -0.05) is 12.1 Å². The Bertz CT molecular complexity index is 1070. The lowest BCUT2D eigenvalue weighted by molar-refractivity contribution is -0.116. The van der Waals surface area contributed by atoms with E-state index in [2.05, 4.69) is 15.5 Å². The van der Waals surface area contributed by atoms with Crippen LogP contribution in [0.5, 0.6) is 0 Å². The van der Waals surface area contributed by atoms with Crippen LogP contribution in [-0.4, -0.2) is 25.5 Å². The third kappa shape index (κ3) is 3.58. The smallest absolute Gasteiger partial charge is 0.273 e. The Kier molecular flexibility index (Phi) is 4.50. The molecule has 8 heteroatoms. The molecule has 2 aromatic heterocycles. The number of hydrogen-bond donors (Lipinski definition) is 2. The number of benzene rings is 1. The molecule has 1 aromatic carbocycles. The van der Waals surface area contributed by atoms with Gasteiger partial charge in [0.15, 0.2) is 0 Å². The molecule has 0 radical (unpaired) electrons. The van der Waals surface area contributed by atoms with E-state index in [0.29, 0.717) is 16.5 Å². The number of anilines is 1.